The molecule has 0 aliphatic heterocycles. The zero-order valence-corrected chi connectivity index (χ0v) is 10.4. The van der Waals surface area contributed by atoms with Gasteiger partial charge in [-0.25, -0.2) is 0 Å². The number of carbonyl (C=O) groups is 1. The normalized spacial score (nSPS) is 11.3. The molecule has 1 aromatic heterocycles. The topological polar surface area (TPSA) is 26.3 Å². The summed E-state index contributed by atoms with van der Waals surface area (Å²) in [6, 6.07) is 7.85. The van der Waals surface area contributed by atoms with E-state index in [1.807, 2.05) is 5.38 Å². The number of benzene rings is 1. The van der Waals surface area contributed by atoms with E-state index in [0.717, 1.165) is 4.88 Å². The van der Waals surface area contributed by atoms with Crippen LogP contribution in [-0.2, 0) is 0 Å². The van der Waals surface area contributed by atoms with Crippen LogP contribution in [0.2, 0.25) is 0 Å². The maximum absolute atomic E-state index is 12.1. The largest absolute Gasteiger partial charge is 0.484 e. The molecular weight excluding hydrogens is 277 g/mol. The Hall–Kier alpha value is -1.82. The van der Waals surface area contributed by atoms with E-state index in [0.29, 0.717) is 17.4 Å². The van der Waals surface area contributed by atoms with Gasteiger partial charge in [-0.05, 0) is 29.6 Å². The molecule has 0 bridgehead atoms. The summed E-state index contributed by atoms with van der Waals surface area (Å²) in [4.78, 5) is 11.7. The highest BCUT2D eigenvalue weighted by atomic mass is 32.1. The molecule has 0 N–H and O–H groups in total. The van der Waals surface area contributed by atoms with Crippen molar-refractivity contribution in [1.82, 2.24) is 0 Å². The molecule has 0 saturated carbocycles. The summed E-state index contributed by atoms with van der Waals surface area (Å²) >= 11 is 1.40. The van der Waals surface area contributed by atoms with Crippen molar-refractivity contribution in [3.05, 3.63) is 41.3 Å². The predicted molar refractivity (Wildman–Crippen MR) is 66.7 cm³/mol. The highest BCUT2D eigenvalue weighted by molar-refractivity contribution is 7.13. The van der Waals surface area contributed by atoms with Gasteiger partial charge in [-0.15, -0.1) is 11.3 Å². The molecule has 2 nitrogen and oxygen atoms in total. The first-order chi connectivity index (χ1) is 8.99. The van der Waals surface area contributed by atoms with Crippen LogP contribution < -0.4 is 4.74 Å². The number of thiophene rings is 1. The van der Waals surface area contributed by atoms with Crippen LogP contribution in [0.5, 0.6) is 5.75 Å². The molecule has 0 atom stereocenters. The van der Waals surface area contributed by atoms with E-state index in [4.69, 9.17) is 0 Å². The molecule has 6 heteroatoms. The van der Waals surface area contributed by atoms with Gasteiger partial charge in [-0.2, -0.15) is 13.2 Å². The maximum Gasteiger partial charge on any atom is 0.422 e. The van der Waals surface area contributed by atoms with Crippen molar-refractivity contribution in [1.29, 1.82) is 0 Å². The number of carbonyl (C=O) groups excluding carboxylic acids is 1. The van der Waals surface area contributed by atoms with E-state index in [2.05, 4.69) is 4.74 Å². The van der Waals surface area contributed by atoms with Gasteiger partial charge in [0.15, 0.2) is 12.9 Å². The van der Waals surface area contributed by atoms with Crippen LogP contribution in [0.3, 0.4) is 0 Å². The van der Waals surface area contributed by atoms with Crippen molar-refractivity contribution in [2.24, 2.45) is 0 Å². The minimum absolute atomic E-state index is 0.0892. The van der Waals surface area contributed by atoms with Gasteiger partial charge >= 0.3 is 6.18 Å². The molecule has 0 aliphatic rings. The van der Waals surface area contributed by atoms with Gasteiger partial charge < -0.3 is 4.74 Å². The van der Waals surface area contributed by atoms with Crippen molar-refractivity contribution in [2.45, 2.75) is 6.18 Å². The lowest BCUT2D eigenvalue weighted by molar-refractivity contribution is -0.153. The van der Waals surface area contributed by atoms with E-state index in [-0.39, 0.29) is 5.75 Å². The molecule has 0 amide bonds. The standard InChI is InChI=1S/C13H9F3O2S/c14-13(15,16)8-18-10-4-3-9(7-17)11(6-10)12-2-1-5-19-12/h1-7H,8H2. The number of alkyl halides is 3. The van der Waals surface area contributed by atoms with Gasteiger partial charge in [0.2, 0.25) is 0 Å². The van der Waals surface area contributed by atoms with Gasteiger partial charge in [0.1, 0.15) is 5.75 Å². The van der Waals surface area contributed by atoms with Gasteiger partial charge in [-0.3, -0.25) is 4.79 Å². The molecule has 0 fully saturated rings. The Kier molecular flexibility index (Phi) is 3.90. The maximum atomic E-state index is 12.1. The van der Waals surface area contributed by atoms with Crippen molar-refractivity contribution in [2.75, 3.05) is 6.61 Å². The minimum Gasteiger partial charge on any atom is -0.484 e. The van der Waals surface area contributed by atoms with Gasteiger partial charge in [-0.1, -0.05) is 6.07 Å². The molecule has 100 valence electrons. The summed E-state index contributed by atoms with van der Waals surface area (Å²) in [6.45, 7) is -1.35. The second-order valence-electron chi connectivity index (χ2n) is 3.75. The fraction of sp³-hybridized carbons (Fsp3) is 0.154. The smallest absolute Gasteiger partial charge is 0.422 e. The molecule has 1 aromatic carbocycles. The van der Waals surface area contributed by atoms with Crippen LogP contribution in [0.1, 0.15) is 10.4 Å². The third-order valence-electron chi connectivity index (χ3n) is 2.34. The van der Waals surface area contributed by atoms with Crippen LogP contribution in [0.25, 0.3) is 10.4 Å². The fourth-order valence-corrected chi connectivity index (χ4v) is 2.30. The van der Waals surface area contributed by atoms with E-state index < -0.39 is 12.8 Å². The number of hydrogen-bond acceptors (Lipinski definition) is 3. The first-order valence-corrected chi connectivity index (χ1v) is 6.20. The quantitative estimate of drug-likeness (QED) is 0.788. The van der Waals surface area contributed by atoms with Crippen molar-refractivity contribution >= 4 is 17.6 Å². The Balaban J connectivity index is 2.29. The van der Waals surface area contributed by atoms with Crippen LogP contribution in [0.4, 0.5) is 13.2 Å². The Morgan fingerprint density at radius 3 is 2.63 bits per heavy atom. The number of hydrogen-bond donors (Lipinski definition) is 0. The number of aldehydes is 1. The summed E-state index contributed by atoms with van der Waals surface area (Å²) in [5.74, 6) is 0.0892. The second-order valence-corrected chi connectivity index (χ2v) is 4.70. The zero-order chi connectivity index (χ0) is 13.9. The molecule has 19 heavy (non-hydrogen) atoms. The first-order valence-electron chi connectivity index (χ1n) is 5.32. The van der Waals surface area contributed by atoms with Crippen LogP contribution in [0.15, 0.2) is 35.7 Å². The Morgan fingerprint density at radius 1 is 1.26 bits per heavy atom. The Bertz CT molecular complexity index is 562. The summed E-state index contributed by atoms with van der Waals surface area (Å²) in [5, 5.41) is 1.83. The predicted octanol–water partition coefficient (Wildman–Crippen LogP) is 4.17. The lowest BCUT2D eigenvalue weighted by Gasteiger charge is -2.11. The monoisotopic (exact) mass is 286 g/mol. The van der Waals surface area contributed by atoms with Crippen LogP contribution >= 0.6 is 11.3 Å². The van der Waals surface area contributed by atoms with E-state index in [1.165, 1.54) is 29.5 Å². The SMILES string of the molecule is O=Cc1ccc(OCC(F)(F)F)cc1-c1cccs1. The van der Waals surface area contributed by atoms with E-state index in [1.54, 1.807) is 12.1 Å². The molecule has 0 radical (unpaired) electrons. The summed E-state index contributed by atoms with van der Waals surface area (Å²) in [5.41, 5.74) is 0.992. The first kappa shape index (κ1) is 13.6. The molecule has 2 rings (SSSR count). The molecule has 0 saturated heterocycles. The highest BCUT2D eigenvalue weighted by Gasteiger charge is 2.28. The van der Waals surface area contributed by atoms with Crippen molar-refractivity contribution < 1.29 is 22.7 Å². The van der Waals surface area contributed by atoms with Crippen molar-refractivity contribution in [3.63, 3.8) is 0 Å². The molecular formula is C13H9F3O2S. The minimum atomic E-state index is -4.38. The molecule has 1 heterocycles. The molecule has 0 spiro atoms. The van der Waals surface area contributed by atoms with Crippen LogP contribution in [0, 0.1) is 0 Å². The Morgan fingerprint density at radius 2 is 2.05 bits per heavy atom. The number of halogens is 3. The molecule has 0 unspecified atom stereocenters. The van der Waals surface area contributed by atoms with Gasteiger partial charge in [0.25, 0.3) is 0 Å². The number of rotatable bonds is 4. The lowest BCUT2D eigenvalue weighted by atomic mass is 10.1. The van der Waals surface area contributed by atoms with Crippen LogP contribution in [-0.4, -0.2) is 19.1 Å². The van der Waals surface area contributed by atoms with Crippen molar-refractivity contribution in [3.8, 4) is 16.2 Å². The summed E-state index contributed by atoms with van der Waals surface area (Å²) in [6.07, 6.45) is -3.71. The third-order valence-corrected chi connectivity index (χ3v) is 3.24. The highest BCUT2D eigenvalue weighted by Crippen LogP contribution is 2.31. The van der Waals surface area contributed by atoms with Gasteiger partial charge in [0, 0.05) is 16.0 Å². The Labute approximate surface area is 111 Å². The van der Waals surface area contributed by atoms with E-state index in [9.17, 15) is 18.0 Å². The van der Waals surface area contributed by atoms with Gasteiger partial charge in [0.05, 0.1) is 0 Å². The molecule has 2 aromatic rings. The lowest BCUT2D eigenvalue weighted by Crippen LogP contribution is -2.19. The summed E-state index contributed by atoms with van der Waals surface area (Å²) in [7, 11) is 0. The zero-order valence-electron chi connectivity index (χ0n) is 9.61. The second kappa shape index (κ2) is 5.44. The molecule has 0 aliphatic carbocycles. The fourth-order valence-electron chi connectivity index (χ4n) is 1.54. The third kappa shape index (κ3) is 3.57. The average molecular weight is 286 g/mol. The average Bonchev–Trinajstić information content (AvgIpc) is 2.89. The summed E-state index contributed by atoms with van der Waals surface area (Å²) < 4.78 is 40.9. The van der Waals surface area contributed by atoms with E-state index >= 15 is 0 Å². The number of ether oxygens (including phenoxy) is 1.